The minimum absolute atomic E-state index is 0.785. The van der Waals surface area contributed by atoms with Gasteiger partial charge in [-0.25, -0.2) is 0 Å². The van der Waals surface area contributed by atoms with Crippen molar-refractivity contribution in [3.8, 4) is 0 Å². The highest BCUT2D eigenvalue weighted by atomic mass is 79.9. The van der Waals surface area contributed by atoms with E-state index in [1.807, 2.05) is 0 Å². The van der Waals surface area contributed by atoms with Gasteiger partial charge in [0.1, 0.15) is 0 Å². The monoisotopic (exact) mass is 219 g/mol. The second-order valence-corrected chi connectivity index (χ2v) is 4.44. The molecule has 56 valence electrons. The topological polar surface area (TPSA) is 26.0 Å². The van der Waals surface area contributed by atoms with Crippen molar-refractivity contribution < 1.29 is 0 Å². The van der Waals surface area contributed by atoms with E-state index in [-0.39, 0.29) is 0 Å². The number of rotatable bonds is 3. The second kappa shape index (κ2) is 4.11. The van der Waals surface area contributed by atoms with E-state index in [4.69, 9.17) is 5.73 Å². The van der Waals surface area contributed by atoms with E-state index >= 15 is 0 Å². The molecule has 2 N–H and O–H groups in total. The number of hydrogen-bond acceptors (Lipinski definition) is 2. The van der Waals surface area contributed by atoms with Crippen molar-refractivity contribution in [3.63, 3.8) is 0 Å². The molecule has 0 aliphatic rings. The lowest BCUT2D eigenvalue weighted by Gasteiger charge is -1.91. The van der Waals surface area contributed by atoms with Gasteiger partial charge in [0.25, 0.3) is 0 Å². The highest BCUT2D eigenvalue weighted by Gasteiger charge is 1.94. The summed E-state index contributed by atoms with van der Waals surface area (Å²) in [5.74, 6) is 0. The molecule has 3 heteroatoms. The summed E-state index contributed by atoms with van der Waals surface area (Å²) in [5, 5.41) is 2.17. The lowest BCUT2D eigenvalue weighted by Crippen LogP contribution is -1.99. The fraction of sp³-hybridized carbons (Fsp3) is 0.429. The van der Waals surface area contributed by atoms with Gasteiger partial charge in [-0.3, -0.25) is 0 Å². The van der Waals surface area contributed by atoms with E-state index in [1.54, 1.807) is 11.3 Å². The van der Waals surface area contributed by atoms with E-state index < -0.39 is 0 Å². The van der Waals surface area contributed by atoms with Gasteiger partial charge in [0.2, 0.25) is 0 Å². The molecule has 1 rings (SSSR count). The summed E-state index contributed by atoms with van der Waals surface area (Å²) in [5.41, 5.74) is 6.77. The molecule has 0 fully saturated rings. The second-order valence-electron chi connectivity index (χ2n) is 2.15. The first-order chi connectivity index (χ1) is 4.83. The van der Waals surface area contributed by atoms with Crippen molar-refractivity contribution in [1.29, 1.82) is 0 Å². The molecule has 0 saturated heterocycles. The Morgan fingerprint density at radius 3 is 2.90 bits per heavy atom. The van der Waals surface area contributed by atoms with Crippen LogP contribution in [0.2, 0.25) is 0 Å². The zero-order valence-electron chi connectivity index (χ0n) is 5.64. The summed E-state index contributed by atoms with van der Waals surface area (Å²) in [7, 11) is 0. The maximum absolute atomic E-state index is 5.37. The minimum Gasteiger partial charge on any atom is -0.330 e. The molecule has 0 bridgehead atoms. The van der Waals surface area contributed by atoms with Crippen molar-refractivity contribution in [2.24, 2.45) is 5.73 Å². The highest BCUT2D eigenvalue weighted by molar-refractivity contribution is 9.11. The van der Waals surface area contributed by atoms with Crippen molar-refractivity contribution in [2.75, 3.05) is 6.54 Å². The first-order valence-corrected chi connectivity index (χ1v) is 4.93. The summed E-state index contributed by atoms with van der Waals surface area (Å²) < 4.78 is 1.21. The van der Waals surface area contributed by atoms with Gasteiger partial charge in [-0.1, -0.05) is 0 Å². The molecule has 0 saturated carbocycles. The Hall–Kier alpha value is 0.140. The van der Waals surface area contributed by atoms with Crippen LogP contribution in [-0.2, 0) is 6.42 Å². The summed E-state index contributed by atoms with van der Waals surface area (Å²) in [4.78, 5) is 0. The van der Waals surface area contributed by atoms with E-state index in [2.05, 4.69) is 27.4 Å². The lowest BCUT2D eigenvalue weighted by atomic mass is 10.2. The largest absolute Gasteiger partial charge is 0.330 e. The Balaban J connectivity index is 2.42. The van der Waals surface area contributed by atoms with Crippen molar-refractivity contribution >= 4 is 27.3 Å². The molecule has 1 aromatic rings. The highest BCUT2D eigenvalue weighted by Crippen LogP contribution is 2.21. The van der Waals surface area contributed by atoms with Gasteiger partial charge >= 0.3 is 0 Å². The van der Waals surface area contributed by atoms with E-state index in [0.717, 1.165) is 19.4 Å². The van der Waals surface area contributed by atoms with Crippen LogP contribution in [0.25, 0.3) is 0 Å². The van der Waals surface area contributed by atoms with Crippen molar-refractivity contribution in [1.82, 2.24) is 0 Å². The zero-order valence-corrected chi connectivity index (χ0v) is 8.04. The molecule has 0 unspecified atom stereocenters. The molecule has 0 aliphatic carbocycles. The normalized spacial score (nSPS) is 10.2. The summed E-state index contributed by atoms with van der Waals surface area (Å²) in [6, 6.07) is 2.15. The summed E-state index contributed by atoms with van der Waals surface area (Å²) in [6.07, 6.45) is 2.20. The van der Waals surface area contributed by atoms with Gasteiger partial charge < -0.3 is 5.73 Å². The first kappa shape index (κ1) is 8.24. The smallest absolute Gasteiger partial charge is 0.0701 e. The molecule has 1 aromatic heterocycles. The van der Waals surface area contributed by atoms with Crippen molar-refractivity contribution in [2.45, 2.75) is 12.8 Å². The molecular formula is C7H10BrNS. The third kappa shape index (κ3) is 2.40. The molecule has 0 atom stereocenters. The number of aryl methyl sites for hydroxylation is 1. The minimum atomic E-state index is 0.785. The SMILES string of the molecule is NCCCc1csc(Br)c1. The predicted octanol–water partition coefficient (Wildman–Crippen LogP) is 2.40. The Bertz CT molecular complexity index is 197. The molecule has 0 aliphatic heterocycles. The van der Waals surface area contributed by atoms with Gasteiger partial charge in [0.05, 0.1) is 3.79 Å². The number of thiophene rings is 1. The number of nitrogens with two attached hydrogens (primary N) is 1. The maximum Gasteiger partial charge on any atom is 0.0701 e. The average Bonchev–Trinajstić information content (AvgIpc) is 2.31. The lowest BCUT2D eigenvalue weighted by molar-refractivity contribution is 0.835. The first-order valence-electron chi connectivity index (χ1n) is 3.26. The quantitative estimate of drug-likeness (QED) is 0.831. The van der Waals surface area contributed by atoms with Crippen LogP contribution < -0.4 is 5.73 Å². The van der Waals surface area contributed by atoms with Crippen molar-refractivity contribution in [3.05, 3.63) is 20.8 Å². The van der Waals surface area contributed by atoms with Crippen LogP contribution in [0.4, 0.5) is 0 Å². The Morgan fingerprint density at radius 1 is 1.60 bits per heavy atom. The Kier molecular flexibility index (Phi) is 3.39. The maximum atomic E-state index is 5.37. The van der Waals surface area contributed by atoms with Crippen LogP contribution in [0.15, 0.2) is 15.2 Å². The van der Waals surface area contributed by atoms with Gasteiger partial charge in [0.15, 0.2) is 0 Å². The molecule has 0 aromatic carbocycles. The summed E-state index contributed by atoms with van der Waals surface area (Å²) in [6.45, 7) is 0.785. The molecule has 1 heterocycles. The molecule has 0 spiro atoms. The van der Waals surface area contributed by atoms with Crippen LogP contribution in [-0.4, -0.2) is 6.54 Å². The van der Waals surface area contributed by atoms with Gasteiger partial charge in [-0.15, -0.1) is 11.3 Å². The number of halogens is 1. The molecule has 10 heavy (non-hydrogen) atoms. The van der Waals surface area contributed by atoms with Crippen LogP contribution in [0, 0.1) is 0 Å². The van der Waals surface area contributed by atoms with Crippen LogP contribution in [0.5, 0.6) is 0 Å². The van der Waals surface area contributed by atoms with E-state index in [9.17, 15) is 0 Å². The third-order valence-corrected chi connectivity index (χ3v) is 2.84. The fourth-order valence-electron chi connectivity index (χ4n) is 0.783. The summed E-state index contributed by atoms with van der Waals surface area (Å²) >= 11 is 5.14. The fourth-order valence-corrected chi connectivity index (χ4v) is 2.03. The Labute approximate surface area is 73.4 Å². The Morgan fingerprint density at radius 2 is 2.40 bits per heavy atom. The van der Waals surface area contributed by atoms with Gasteiger partial charge in [0, 0.05) is 0 Å². The number of hydrogen-bond donors (Lipinski definition) is 1. The molecule has 1 nitrogen and oxygen atoms in total. The average molecular weight is 220 g/mol. The zero-order chi connectivity index (χ0) is 7.40. The van der Waals surface area contributed by atoms with E-state index in [0.29, 0.717) is 0 Å². The van der Waals surface area contributed by atoms with Crippen LogP contribution in [0.3, 0.4) is 0 Å². The standard InChI is InChI=1S/C7H10BrNS/c8-7-4-6(5-10-7)2-1-3-9/h4-5H,1-3,9H2. The predicted molar refractivity (Wildman–Crippen MR) is 49.4 cm³/mol. The molecular weight excluding hydrogens is 210 g/mol. The third-order valence-electron chi connectivity index (χ3n) is 1.29. The molecule has 0 radical (unpaired) electrons. The van der Waals surface area contributed by atoms with Crippen LogP contribution >= 0.6 is 27.3 Å². The van der Waals surface area contributed by atoms with Gasteiger partial charge in [-0.05, 0) is 52.3 Å². The molecule has 0 amide bonds. The van der Waals surface area contributed by atoms with E-state index in [1.165, 1.54) is 9.35 Å². The van der Waals surface area contributed by atoms with Crippen LogP contribution in [0.1, 0.15) is 12.0 Å². The van der Waals surface area contributed by atoms with Gasteiger partial charge in [-0.2, -0.15) is 0 Å².